The van der Waals surface area contributed by atoms with E-state index in [0.29, 0.717) is 11.6 Å². The molecule has 1 amide bonds. The summed E-state index contributed by atoms with van der Waals surface area (Å²) in [5, 5.41) is 16.2. The van der Waals surface area contributed by atoms with Gasteiger partial charge >= 0.3 is 12.1 Å². The Morgan fingerprint density at radius 2 is 1.79 bits per heavy atom. The molecule has 3 atom stereocenters. The van der Waals surface area contributed by atoms with E-state index in [1.807, 2.05) is 0 Å². The molecule has 182 valence electrons. The van der Waals surface area contributed by atoms with Crippen LogP contribution in [0.5, 0.6) is 5.75 Å². The Morgan fingerprint density at radius 1 is 1.15 bits per heavy atom. The van der Waals surface area contributed by atoms with E-state index in [0.717, 1.165) is 17.1 Å². The molecule has 2 aromatic carbocycles. The summed E-state index contributed by atoms with van der Waals surface area (Å²) in [6, 6.07) is 8.73. The number of carbonyl (C=O) groups excluding carboxylic acids is 1. The van der Waals surface area contributed by atoms with Gasteiger partial charge in [-0.2, -0.15) is 18.3 Å². The minimum atomic E-state index is -4.64. The summed E-state index contributed by atoms with van der Waals surface area (Å²) in [4.78, 5) is 24.0. The molecule has 0 aliphatic carbocycles. The minimum absolute atomic E-state index is 0.0290. The number of carboxylic acids is 1. The first-order valence-electron chi connectivity index (χ1n) is 9.95. The lowest BCUT2D eigenvalue weighted by Crippen LogP contribution is -2.47. The largest absolute Gasteiger partial charge is 0.478 e. The molecule has 0 radical (unpaired) electrons. The van der Waals surface area contributed by atoms with Crippen molar-refractivity contribution in [3.05, 3.63) is 65.2 Å². The third-order valence-electron chi connectivity index (χ3n) is 5.19. The topological polar surface area (TPSA) is 91.2 Å². The second-order valence-corrected chi connectivity index (χ2v) is 7.57. The van der Waals surface area contributed by atoms with Crippen molar-refractivity contribution in [2.75, 3.05) is 7.05 Å². The van der Waals surface area contributed by atoms with E-state index >= 15 is 0 Å². The molecule has 0 aromatic heterocycles. The van der Waals surface area contributed by atoms with Crippen molar-refractivity contribution in [1.29, 1.82) is 0 Å². The molecule has 34 heavy (non-hydrogen) atoms. The number of nitrogens with zero attached hydrogens (tertiary/aromatic N) is 2. The van der Waals surface area contributed by atoms with Crippen molar-refractivity contribution in [2.45, 2.75) is 31.8 Å². The Kier molecular flexibility index (Phi) is 7.08. The van der Waals surface area contributed by atoms with Gasteiger partial charge in [0.2, 0.25) is 12.1 Å². The van der Waals surface area contributed by atoms with Gasteiger partial charge in [-0.05, 0) is 42.8 Å². The molecule has 1 heterocycles. The van der Waals surface area contributed by atoms with Crippen LogP contribution in [0, 0.1) is 5.92 Å². The molecule has 12 heteroatoms. The summed E-state index contributed by atoms with van der Waals surface area (Å²) >= 11 is 0. The Labute approximate surface area is 190 Å². The summed E-state index contributed by atoms with van der Waals surface area (Å²) in [6.07, 6.45) is -9.18. The number of hydrogen-bond acceptors (Lipinski definition) is 5. The lowest BCUT2D eigenvalue weighted by atomic mass is 9.99. The lowest BCUT2D eigenvalue weighted by molar-refractivity contribution is -0.138. The predicted molar refractivity (Wildman–Crippen MR) is 111 cm³/mol. The molecule has 7 nitrogen and oxygen atoms in total. The number of alkyl halides is 5. The first-order valence-corrected chi connectivity index (χ1v) is 9.95. The standard InChI is InChI=1S/C22H20F5N3O4/c1-11(12-6-8-13(9-7-12)21(32)33)28-19(31)16-17(18(23)24)29-30(2)20(16)34-15-5-3-4-14(10-15)22(25,26)27/h3-11,16,18,20H,1-2H3,(H,28,31)(H,32,33)/t11-,16?,20?/m0/s1. The van der Waals surface area contributed by atoms with Crippen LogP contribution in [0.25, 0.3) is 0 Å². The van der Waals surface area contributed by atoms with Crippen LogP contribution >= 0.6 is 0 Å². The van der Waals surface area contributed by atoms with Gasteiger partial charge in [0.1, 0.15) is 17.4 Å². The van der Waals surface area contributed by atoms with Crippen LogP contribution in [-0.4, -0.2) is 47.4 Å². The predicted octanol–water partition coefficient (Wildman–Crippen LogP) is 4.17. The highest BCUT2D eigenvalue weighted by Crippen LogP contribution is 2.33. The molecule has 1 aliphatic heterocycles. The van der Waals surface area contributed by atoms with Gasteiger partial charge in [0.05, 0.1) is 17.2 Å². The molecule has 2 aromatic rings. The highest BCUT2D eigenvalue weighted by atomic mass is 19.4. The van der Waals surface area contributed by atoms with Crippen molar-refractivity contribution in [3.63, 3.8) is 0 Å². The van der Waals surface area contributed by atoms with E-state index in [4.69, 9.17) is 9.84 Å². The molecular formula is C22H20F5N3O4. The zero-order valence-electron chi connectivity index (χ0n) is 17.9. The summed E-state index contributed by atoms with van der Waals surface area (Å²) in [5.74, 6) is -3.90. The van der Waals surface area contributed by atoms with Gasteiger partial charge in [-0.15, -0.1) is 0 Å². The zero-order chi connectivity index (χ0) is 25.2. The molecule has 3 rings (SSSR count). The number of benzene rings is 2. The maximum atomic E-state index is 13.6. The fourth-order valence-electron chi connectivity index (χ4n) is 3.44. The van der Waals surface area contributed by atoms with Gasteiger partial charge in [0, 0.05) is 7.05 Å². The SMILES string of the molecule is C[C@H](NC(=O)C1C(C(F)F)=NN(C)C1Oc1cccc(C(F)(F)F)c1)c1ccc(C(=O)O)cc1. The molecule has 1 aliphatic rings. The highest BCUT2D eigenvalue weighted by Gasteiger charge is 2.46. The van der Waals surface area contributed by atoms with Crippen LogP contribution in [0.1, 0.15) is 34.5 Å². The number of amides is 1. The normalized spacial score (nSPS) is 19.1. The van der Waals surface area contributed by atoms with Crippen LogP contribution in [0.2, 0.25) is 0 Å². The van der Waals surface area contributed by atoms with Gasteiger partial charge in [-0.3, -0.25) is 9.80 Å². The summed E-state index contributed by atoms with van der Waals surface area (Å²) < 4.78 is 71.9. The van der Waals surface area contributed by atoms with Gasteiger partial charge in [-0.25, -0.2) is 13.6 Å². The Morgan fingerprint density at radius 3 is 2.35 bits per heavy atom. The van der Waals surface area contributed by atoms with Gasteiger partial charge < -0.3 is 15.2 Å². The third-order valence-corrected chi connectivity index (χ3v) is 5.19. The number of hydrazone groups is 1. The number of nitrogens with one attached hydrogen (secondary N) is 1. The molecular weight excluding hydrogens is 465 g/mol. The van der Waals surface area contributed by atoms with E-state index in [-0.39, 0.29) is 11.3 Å². The summed E-state index contributed by atoms with van der Waals surface area (Å²) in [6.45, 7) is 1.56. The van der Waals surface area contributed by atoms with E-state index in [2.05, 4.69) is 10.4 Å². The number of carboxylic acid groups (broad SMARTS) is 1. The van der Waals surface area contributed by atoms with Gasteiger partial charge in [-0.1, -0.05) is 18.2 Å². The number of ether oxygens (including phenoxy) is 1. The lowest BCUT2D eigenvalue weighted by Gasteiger charge is -2.27. The van der Waals surface area contributed by atoms with E-state index in [9.17, 15) is 31.5 Å². The monoisotopic (exact) mass is 485 g/mol. The number of aromatic carboxylic acids is 1. The zero-order valence-corrected chi connectivity index (χ0v) is 17.9. The summed E-state index contributed by atoms with van der Waals surface area (Å²) in [7, 11) is 1.27. The van der Waals surface area contributed by atoms with E-state index in [1.54, 1.807) is 6.92 Å². The molecule has 2 N–H and O–H groups in total. The van der Waals surface area contributed by atoms with E-state index in [1.165, 1.54) is 37.4 Å². The smallest absolute Gasteiger partial charge is 0.416 e. The molecule has 0 spiro atoms. The number of rotatable bonds is 7. The minimum Gasteiger partial charge on any atom is -0.478 e. The fourth-order valence-corrected chi connectivity index (χ4v) is 3.44. The maximum absolute atomic E-state index is 13.6. The van der Waals surface area contributed by atoms with Crippen molar-refractivity contribution < 1.29 is 41.4 Å². The van der Waals surface area contributed by atoms with Crippen LogP contribution < -0.4 is 10.1 Å². The van der Waals surface area contributed by atoms with Crippen molar-refractivity contribution in [1.82, 2.24) is 10.3 Å². The first kappa shape index (κ1) is 24.9. The quantitative estimate of drug-likeness (QED) is 0.575. The number of carbonyl (C=O) groups is 2. The van der Waals surface area contributed by atoms with Gasteiger partial charge in [0.25, 0.3) is 6.43 Å². The van der Waals surface area contributed by atoms with Gasteiger partial charge in [0.15, 0.2) is 0 Å². The second kappa shape index (κ2) is 9.65. The third kappa shape index (κ3) is 5.43. The van der Waals surface area contributed by atoms with Crippen LogP contribution in [-0.2, 0) is 11.0 Å². The maximum Gasteiger partial charge on any atom is 0.416 e. The number of hydrogen-bond donors (Lipinski definition) is 2. The molecule has 2 unspecified atom stereocenters. The first-order chi connectivity index (χ1) is 15.9. The summed E-state index contributed by atoms with van der Waals surface area (Å²) in [5.41, 5.74) is -1.25. The fraction of sp³-hybridized carbons (Fsp3) is 0.318. The second-order valence-electron chi connectivity index (χ2n) is 7.57. The van der Waals surface area contributed by atoms with Crippen LogP contribution in [0.4, 0.5) is 22.0 Å². The molecule has 0 saturated heterocycles. The Bertz CT molecular complexity index is 1090. The number of halogens is 5. The average Bonchev–Trinajstić information content (AvgIpc) is 3.09. The van der Waals surface area contributed by atoms with E-state index < -0.39 is 53.9 Å². The molecule has 0 saturated carbocycles. The molecule has 0 fully saturated rings. The average molecular weight is 485 g/mol. The van der Waals surface area contributed by atoms with Crippen molar-refractivity contribution in [2.24, 2.45) is 11.0 Å². The highest BCUT2D eigenvalue weighted by molar-refractivity contribution is 6.07. The van der Waals surface area contributed by atoms with Crippen molar-refractivity contribution in [3.8, 4) is 5.75 Å². The molecule has 0 bridgehead atoms. The Balaban J connectivity index is 1.82. The van der Waals surface area contributed by atoms with Crippen LogP contribution in [0.3, 0.4) is 0 Å². The van der Waals surface area contributed by atoms with Crippen molar-refractivity contribution >= 4 is 17.6 Å². The van der Waals surface area contributed by atoms with Crippen LogP contribution in [0.15, 0.2) is 53.6 Å². The Hall–Kier alpha value is -3.70.